The van der Waals surface area contributed by atoms with Crippen LogP contribution in [0.15, 0.2) is 172 Å². The summed E-state index contributed by atoms with van der Waals surface area (Å²) in [5.41, 5.74) is 12.7. The van der Waals surface area contributed by atoms with Gasteiger partial charge in [0, 0.05) is 48.7 Å². The normalized spacial score (nSPS) is 16.4. The van der Waals surface area contributed by atoms with E-state index in [1.165, 1.54) is 64.3 Å². The number of thiophene rings is 1. The average molecular weight is 764 g/mol. The monoisotopic (exact) mass is 763 g/mol. The standard InChI is InChI=1S/C53H37N3OS/c1-3-11-36-29-38(23-19-32(36)9-1)34-17-21-35(22-18-34)51-54-52(40-24-20-33-10-2-4-12-37(33)30-40)56-53(55-51)50-41(26-27-46-49(50)43-14-5-7-15-45(43)57-46)39-25-28-48-44(31-39)42-13-6-8-16-47(42)58-48/h2-8,10-25,28-31,52H,1,9,26-27H2,(H,54,55,56). The summed E-state index contributed by atoms with van der Waals surface area (Å²) in [7, 11) is 0. The number of nitrogens with one attached hydrogen (secondary N) is 1. The number of hydrogen-bond acceptors (Lipinski definition) is 5. The molecule has 0 fully saturated rings. The molecule has 1 atom stereocenters. The summed E-state index contributed by atoms with van der Waals surface area (Å²) in [6.45, 7) is 0. The topological polar surface area (TPSA) is 49.9 Å². The molecule has 0 saturated carbocycles. The van der Waals surface area contributed by atoms with Crippen molar-refractivity contribution in [1.29, 1.82) is 0 Å². The molecule has 58 heavy (non-hydrogen) atoms. The quantitative estimate of drug-likeness (QED) is 0.190. The zero-order chi connectivity index (χ0) is 38.2. The molecule has 7 aromatic carbocycles. The van der Waals surface area contributed by atoms with Gasteiger partial charge in [0.2, 0.25) is 0 Å². The van der Waals surface area contributed by atoms with Gasteiger partial charge in [-0.1, -0.05) is 127 Å². The van der Waals surface area contributed by atoms with E-state index >= 15 is 0 Å². The first-order chi connectivity index (χ1) is 28.7. The van der Waals surface area contributed by atoms with Gasteiger partial charge in [0.25, 0.3) is 0 Å². The van der Waals surface area contributed by atoms with Crippen LogP contribution in [0.3, 0.4) is 0 Å². The average Bonchev–Trinajstić information content (AvgIpc) is 3.86. The van der Waals surface area contributed by atoms with E-state index in [1.54, 1.807) is 0 Å². The van der Waals surface area contributed by atoms with Gasteiger partial charge >= 0.3 is 0 Å². The fourth-order valence-electron chi connectivity index (χ4n) is 9.19. The SMILES string of the molecule is C1=Cc2cc(-c3ccc(C4=NC(C5=C(c6ccc7sc8ccccc8c7c6)CCc6oc7ccccc7c65)=NC(c5ccc6ccccc6c5)N4)cc3)ccc2CC1. The molecule has 2 aromatic heterocycles. The summed E-state index contributed by atoms with van der Waals surface area (Å²) in [5.74, 6) is 2.51. The molecule has 4 nitrogen and oxygen atoms in total. The Balaban J connectivity index is 1.05. The van der Waals surface area contributed by atoms with Crippen LogP contribution >= 0.6 is 11.3 Å². The molecule has 0 amide bonds. The highest BCUT2D eigenvalue weighted by atomic mass is 32.1. The number of nitrogens with zero attached hydrogens (tertiary/aromatic N) is 2. The first kappa shape index (κ1) is 33.3. The summed E-state index contributed by atoms with van der Waals surface area (Å²) < 4.78 is 9.22. The van der Waals surface area contributed by atoms with Crippen LogP contribution in [0.4, 0.5) is 0 Å². The third-order valence-corrected chi connectivity index (χ3v) is 13.3. The molecule has 2 aliphatic carbocycles. The maximum absolute atomic E-state index is 6.62. The summed E-state index contributed by atoms with van der Waals surface area (Å²) in [6.07, 6.45) is 8.01. The van der Waals surface area contributed by atoms with Gasteiger partial charge in [-0.25, -0.2) is 9.98 Å². The molecule has 276 valence electrons. The van der Waals surface area contributed by atoms with E-state index in [1.807, 2.05) is 11.3 Å². The van der Waals surface area contributed by atoms with Gasteiger partial charge in [-0.3, -0.25) is 0 Å². The highest BCUT2D eigenvalue weighted by Gasteiger charge is 2.32. The molecule has 3 aliphatic rings. The summed E-state index contributed by atoms with van der Waals surface area (Å²) >= 11 is 1.85. The van der Waals surface area contributed by atoms with Crippen molar-refractivity contribution in [2.75, 3.05) is 0 Å². The highest BCUT2D eigenvalue weighted by Crippen LogP contribution is 2.45. The van der Waals surface area contributed by atoms with Crippen molar-refractivity contribution in [2.24, 2.45) is 9.98 Å². The molecule has 1 aliphatic heterocycles. The zero-order valence-corrected chi connectivity index (χ0v) is 32.5. The van der Waals surface area contributed by atoms with Gasteiger partial charge in [-0.05, 0) is 105 Å². The molecule has 9 aromatic rings. The largest absolute Gasteiger partial charge is 0.460 e. The molecule has 0 spiro atoms. The number of amidine groups is 2. The van der Waals surface area contributed by atoms with Crippen LogP contribution in [-0.2, 0) is 12.8 Å². The molecule has 3 heterocycles. The maximum Gasteiger partial charge on any atom is 0.160 e. The van der Waals surface area contributed by atoms with Gasteiger partial charge in [0.05, 0.1) is 0 Å². The van der Waals surface area contributed by atoms with Gasteiger partial charge in [0.15, 0.2) is 5.84 Å². The number of para-hydroxylation sites is 1. The van der Waals surface area contributed by atoms with E-state index in [4.69, 9.17) is 14.4 Å². The van der Waals surface area contributed by atoms with Gasteiger partial charge in [0.1, 0.15) is 23.3 Å². The van der Waals surface area contributed by atoms with E-state index in [9.17, 15) is 0 Å². The number of hydrogen-bond donors (Lipinski definition) is 1. The molecular formula is C53H37N3OS. The van der Waals surface area contributed by atoms with E-state index < -0.39 is 0 Å². The molecule has 12 rings (SSSR count). The molecule has 0 bridgehead atoms. The van der Waals surface area contributed by atoms with Crippen molar-refractivity contribution in [3.05, 3.63) is 197 Å². The van der Waals surface area contributed by atoms with Crippen molar-refractivity contribution in [2.45, 2.75) is 31.8 Å². The molecule has 1 N–H and O–H groups in total. The summed E-state index contributed by atoms with van der Waals surface area (Å²) in [4.78, 5) is 11.0. The number of fused-ring (bicyclic) bond motifs is 8. The van der Waals surface area contributed by atoms with E-state index in [-0.39, 0.29) is 6.17 Å². The second-order valence-electron chi connectivity index (χ2n) is 15.6. The Morgan fingerprint density at radius 3 is 2.31 bits per heavy atom. The highest BCUT2D eigenvalue weighted by molar-refractivity contribution is 7.25. The second-order valence-corrected chi connectivity index (χ2v) is 16.6. The van der Waals surface area contributed by atoms with Crippen molar-refractivity contribution in [3.63, 3.8) is 0 Å². The Bertz CT molecular complexity index is 3270. The lowest BCUT2D eigenvalue weighted by atomic mass is 9.83. The van der Waals surface area contributed by atoms with E-state index in [0.29, 0.717) is 0 Å². The lowest BCUT2D eigenvalue weighted by molar-refractivity contribution is 0.547. The molecule has 0 radical (unpaired) electrons. The lowest BCUT2D eigenvalue weighted by Gasteiger charge is -2.27. The van der Waals surface area contributed by atoms with Gasteiger partial charge < -0.3 is 9.73 Å². The minimum Gasteiger partial charge on any atom is -0.460 e. The Hall–Kier alpha value is -6.82. The third kappa shape index (κ3) is 5.57. The van der Waals surface area contributed by atoms with Gasteiger partial charge in [-0.2, -0.15) is 0 Å². The van der Waals surface area contributed by atoms with Crippen LogP contribution < -0.4 is 5.32 Å². The van der Waals surface area contributed by atoms with Crippen molar-refractivity contribution >= 4 is 82.1 Å². The maximum atomic E-state index is 6.62. The van der Waals surface area contributed by atoms with Gasteiger partial charge in [-0.15, -0.1) is 11.3 Å². The lowest BCUT2D eigenvalue weighted by Crippen LogP contribution is -2.34. The van der Waals surface area contributed by atoms with Crippen molar-refractivity contribution in [1.82, 2.24) is 5.32 Å². The second kappa shape index (κ2) is 13.4. The fourth-order valence-corrected chi connectivity index (χ4v) is 10.3. The zero-order valence-electron chi connectivity index (χ0n) is 31.7. The number of aryl methyl sites for hydroxylation is 2. The van der Waals surface area contributed by atoms with Crippen LogP contribution in [0, 0.1) is 0 Å². The van der Waals surface area contributed by atoms with Crippen LogP contribution in [0.2, 0.25) is 0 Å². The third-order valence-electron chi connectivity index (χ3n) is 12.1. The minimum absolute atomic E-state index is 0.361. The predicted octanol–water partition coefficient (Wildman–Crippen LogP) is 13.6. The van der Waals surface area contributed by atoms with Crippen LogP contribution in [0.5, 0.6) is 0 Å². The fraction of sp³-hybridized carbons (Fsp3) is 0.0943. The Morgan fingerprint density at radius 2 is 1.38 bits per heavy atom. The summed E-state index contributed by atoms with van der Waals surface area (Å²) in [6, 6.07) is 55.0. The first-order valence-electron chi connectivity index (χ1n) is 20.2. The molecular weight excluding hydrogens is 727 g/mol. The van der Waals surface area contributed by atoms with E-state index in [0.717, 1.165) is 76.3 Å². The van der Waals surface area contributed by atoms with Crippen LogP contribution in [0.1, 0.15) is 58.1 Å². The number of furan rings is 1. The summed E-state index contributed by atoms with van der Waals surface area (Å²) in [5, 5.41) is 9.84. The molecule has 1 unspecified atom stereocenters. The van der Waals surface area contributed by atoms with E-state index in [2.05, 4.69) is 169 Å². The van der Waals surface area contributed by atoms with Crippen LogP contribution in [-0.4, -0.2) is 11.7 Å². The number of benzene rings is 7. The Morgan fingerprint density at radius 1 is 0.603 bits per heavy atom. The molecule has 5 heteroatoms. The van der Waals surface area contributed by atoms with Crippen molar-refractivity contribution in [3.8, 4) is 11.1 Å². The van der Waals surface area contributed by atoms with Crippen LogP contribution in [0.25, 0.3) is 70.3 Å². The first-order valence-corrected chi connectivity index (χ1v) is 21.0. The number of aliphatic imine (C=N–C) groups is 2. The Kier molecular flexibility index (Phi) is 7.70. The Labute approximate surface area is 340 Å². The predicted molar refractivity (Wildman–Crippen MR) is 244 cm³/mol. The number of rotatable bonds is 5. The van der Waals surface area contributed by atoms with Crippen molar-refractivity contribution < 1.29 is 4.42 Å². The number of allylic oxidation sites excluding steroid dienone is 2. The smallest absolute Gasteiger partial charge is 0.160 e. The molecule has 0 saturated heterocycles. The minimum atomic E-state index is -0.361.